The maximum absolute atomic E-state index is 12.7. The number of amides is 2. The minimum Gasteiger partial charge on any atom is -0.484 e. The second kappa shape index (κ2) is 10.1. The lowest BCUT2D eigenvalue weighted by Crippen LogP contribution is -2.44. The molecule has 0 saturated carbocycles. The van der Waals surface area contributed by atoms with Crippen molar-refractivity contribution in [2.45, 2.75) is 6.92 Å². The maximum Gasteiger partial charge on any atom is 0.276 e. The van der Waals surface area contributed by atoms with Crippen LogP contribution in [0.4, 0.5) is 0 Å². The standard InChI is InChI=1S/C26H20N4O4/c1-17-6-10-19(11-7-17)23-15-28-26(34-23)22-5-3-2-4-21(22)25(32)30-29-24(31)16-33-20-12-8-18(14-27)9-13-20/h2-13,15H,16H2,1H3,(H,29,31)(H,30,32). The van der Waals surface area contributed by atoms with Crippen molar-refractivity contribution in [3.63, 3.8) is 0 Å². The van der Waals surface area contributed by atoms with Crippen LogP contribution in [0, 0.1) is 18.3 Å². The van der Waals surface area contributed by atoms with Gasteiger partial charge < -0.3 is 9.15 Å². The van der Waals surface area contributed by atoms with E-state index in [4.69, 9.17) is 14.4 Å². The molecule has 0 fully saturated rings. The average molecular weight is 452 g/mol. The molecule has 3 aromatic carbocycles. The fourth-order valence-corrected chi connectivity index (χ4v) is 3.12. The number of hydrogen-bond donors (Lipinski definition) is 2. The molecule has 0 unspecified atom stereocenters. The number of hydrazine groups is 1. The van der Waals surface area contributed by atoms with Crippen molar-refractivity contribution >= 4 is 11.8 Å². The summed E-state index contributed by atoms with van der Waals surface area (Å²) in [4.78, 5) is 29.1. The number of nitriles is 1. The SMILES string of the molecule is Cc1ccc(-c2cnc(-c3ccccc3C(=O)NNC(=O)COc3ccc(C#N)cc3)o2)cc1. The highest BCUT2D eigenvalue weighted by Crippen LogP contribution is 2.28. The summed E-state index contributed by atoms with van der Waals surface area (Å²) in [6.45, 7) is 1.69. The van der Waals surface area contributed by atoms with Gasteiger partial charge in [0.1, 0.15) is 5.75 Å². The molecule has 0 atom stereocenters. The Morgan fingerprint density at radius 3 is 2.47 bits per heavy atom. The summed E-state index contributed by atoms with van der Waals surface area (Å²) in [5, 5.41) is 8.81. The van der Waals surface area contributed by atoms with Crippen LogP contribution in [0.2, 0.25) is 0 Å². The number of benzene rings is 3. The van der Waals surface area contributed by atoms with Crippen LogP contribution in [-0.2, 0) is 4.79 Å². The highest BCUT2D eigenvalue weighted by atomic mass is 16.5. The van der Waals surface area contributed by atoms with Gasteiger partial charge in [0.15, 0.2) is 12.4 Å². The molecule has 1 aromatic heterocycles. The van der Waals surface area contributed by atoms with Gasteiger partial charge in [-0.25, -0.2) is 4.98 Å². The lowest BCUT2D eigenvalue weighted by atomic mass is 10.1. The number of nitrogens with zero attached hydrogens (tertiary/aromatic N) is 2. The van der Waals surface area contributed by atoms with Gasteiger partial charge in [0.25, 0.3) is 11.8 Å². The molecule has 2 N–H and O–H groups in total. The molecule has 1 heterocycles. The quantitative estimate of drug-likeness (QED) is 0.427. The van der Waals surface area contributed by atoms with Crippen molar-refractivity contribution in [1.29, 1.82) is 5.26 Å². The van der Waals surface area contributed by atoms with Crippen molar-refractivity contribution in [3.8, 4) is 34.6 Å². The molecule has 168 valence electrons. The highest BCUT2D eigenvalue weighted by molar-refractivity contribution is 6.00. The third-order valence-electron chi connectivity index (χ3n) is 4.91. The number of aromatic nitrogens is 1. The Morgan fingerprint density at radius 2 is 1.74 bits per heavy atom. The summed E-state index contributed by atoms with van der Waals surface area (Å²) < 4.78 is 11.3. The van der Waals surface area contributed by atoms with Crippen molar-refractivity contribution < 1.29 is 18.7 Å². The Balaban J connectivity index is 1.39. The van der Waals surface area contributed by atoms with Crippen molar-refractivity contribution in [1.82, 2.24) is 15.8 Å². The smallest absolute Gasteiger partial charge is 0.276 e. The van der Waals surface area contributed by atoms with Crippen LogP contribution in [0.1, 0.15) is 21.5 Å². The fraction of sp³-hybridized carbons (Fsp3) is 0.0769. The molecule has 4 rings (SSSR count). The maximum atomic E-state index is 12.7. The third-order valence-corrected chi connectivity index (χ3v) is 4.91. The zero-order chi connectivity index (χ0) is 23.9. The largest absolute Gasteiger partial charge is 0.484 e. The van der Waals surface area contributed by atoms with Crippen LogP contribution < -0.4 is 15.6 Å². The molecule has 0 radical (unpaired) electrons. The third kappa shape index (κ3) is 5.29. The zero-order valence-electron chi connectivity index (χ0n) is 18.2. The lowest BCUT2D eigenvalue weighted by molar-refractivity contribution is -0.123. The van der Waals surface area contributed by atoms with Gasteiger partial charge in [-0.15, -0.1) is 0 Å². The van der Waals surface area contributed by atoms with Gasteiger partial charge in [0.05, 0.1) is 23.4 Å². The molecule has 34 heavy (non-hydrogen) atoms. The van der Waals surface area contributed by atoms with E-state index >= 15 is 0 Å². The van der Waals surface area contributed by atoms with Crippen LogP contribution in [0.15, 0.2) is 83.4 Å². The van der Waals surface area contributed by atoms with Crippen LogP contribution in [0.3, 0.4) is 0 Å². The molecular formula is C26H20N4O4. The Bertz CT molecular complexity index is 1350. The molecule has 0 aliphatic carbocycles. The molecule has 0 saturated heterocycles. The second-order valence-corrected chi connectivity index (χ2v) is 7.37. The number of nitrogens with one attached hydrogen (secondary N) is 2. The van der Waals surface area contributed by atoms with Gasteiger partial charge in [0, 0.05) is 11.1 Å². The van der Waals surface area contributed by atoms with E-state index in [0.717, 1.165) is 11.1 Å². The number of hydrogen-bond acceptors (Lipinski definition) is 6. The summed E-state index contributed by atoms with van der Waals surface area (Å²) in [5.41, 5.74) is 7.97. The monoisotopic (exact) mass is 452 g/mol. The first-order valence-electron chi connectivity index (χ1n) is 10.4. The summed E-state index contributed by atoms with van der Waals surface area (Å²) in [7, 11) is 0. The number of oxazole rings is 1. The first-order chi connectivity index (χ1) is 16.5. The van der Waals surface area contributed by atoms with Crippen LogP contribution >= 0.6 is 0 Å². The van der Waals surface area contributed by atoms with Crippen LogP contribution in [0.25, 0.3) is 22.8 Å². The van der Waals surface area contributed by atoms with Gasteiger partial charge in [-0.05, 0) is 43.3 Å². The van der Waals surface area contributed by atoms with E-state index in [-0.39, 0.29) is 18.1 Å². The minimum absolute atomic E-state index is 0.285. The number of aryl methyl sites for hydroxylation is 1. The molecular weight excluding hydrogens is 432 g/mol. The van der Waals surface area contributed by atoms with Gasteiger partial charge in [0.2, 0.25) is 5.89 Å². The van der Waals surface area contributed by atoms with Gasteiger partial charge in [-0.2, -0.15) is 5.26 Å². The van der Waals surface area contributed by atoms with Gasteiger partial charge in [-0.3, -0.25) is 20.4 Å². The first kappa shape index (κ1) is 22.3. The number of carbonyl (C=O) groups is 2. The molecule has 0 bridgehead atoms. The van der Waals surface area contributed by atoms with E-state index in [9.17, 15) is 9.59 Å². The first-order valence-corrected chi connectivity index (χ1v) is 10.4. The van der Waals surface area contributed by atoms with E-state index in [0.29, 0.717) is 22.6 Å². The Labute approximate surface area is 195 Å². The Hall–Kier alpha value is -4.90. The van der Waals surface area contributed by atoms with Crippen LogP contribution in [0.5, 0.6) is 5.75 Å². The summed E-state index contributed by atoms with van der Waals surface area (Å²) >= 11 is 0. The molecule has 8 heteroatoms. The van der Waals surface area contributed by atoms with Gasteiger partial charge >= 0.3 is 0 Å². The Kier molecular flexibility index (Phi) is 6.65. The van der Waals surface area contributed by atoms with Gasteiger partial charge in [-0.1, -0.05) is 42.0 Å². The van der Waals surface area contributed by atoms with E-state index in [1.165, 1.54) is 0 Å². The molecule has 8 nitrogen and oxygen atoms in total. The number of rotatable bonds is 6. The minimum atomic E-state index is -0.548. The second-order valence-electron chi connectivity index (χ2n) is 7.37. The Morgan fingerprint density at radius 1 is 1.00 bits per heavy atom. The average Bonchev–Trinajstić information content (AvgIpc) is 3.37. The van der Waals surface area contributed by atoms with E-state index < -0.39 is 11.8 Å². The number of ether oxygens (including phenoxy) is 1. The van der Waals surface area contributed by atoms with E-state index in [2.05, 4.69) is 15.8 Å². The zero-order valence-corrected chi connectivity index (χ0v) is 18.2. The predicted molar refractivity (Wildman–Crippen MR) is 124 cm³/mol. The molecule has 0 aliphatic rings. The fourth-order valence-electron chi connectivity index (χ4n) is 3.12. The summed E-state index contributed by atoms with van der Waals surface area (Å²) in [6.07, 6.45) is 1.61. The molecule has 4 aromatic rings. The molecule has 2 amide bonds. The van der Waals surface area contributed by atoms with Crippen molar-refractivity contribution in [2.75, 3.05) is 6.61 Å². The van der Waals surface area contributed by atoms with Crippen molar-refractivity contribution in [2.24, 2.45) is 0 Å². The van der Waals surface area contributed by atoms with Crippen LogP contribution in [-0.4, -0.2) is 23.4 Å². The van der Waals surface area contributed by atoms with E-state index in [1.807, 2.05) is 37.3 Å². The normalized spacial score (nSPS) is 10.2. The van der Waals surface area contributed by atoms with E-state index in [1.54, 1.807) is 54.7 Å². The highest BCUT2D eigenvalue weighted by Gasteiger charge is 2.17. The number of carbonyl (C=O) groups excluding carboxylic acids is 2. The predicted octanol–water partition coefficient (Wildman–Crippen LogP) is 4.03. The summed E-state index contributed by atoms with van der Waals surface area (Å²) in [5.74, 6) is 0.222. The topological polar surface area (TPSA) is 117 Å². The summed E-state index contributed by atoms with van der Waals surface area (Å²) in [6, 6.07) is 23.0. The van der Waals surface area contributed by atoms with Crippen molar-refractivity contribution in [3.05, 3.63) is 95.7 Å². The molecule has 0 spiro atoms. The molecule has 0 aliphatic heterocycles. The lowest BCUT2D eigenvalue weighted by Gasteiger charge is -2.10.